The van der Waals surface area contributed by atoms with Crippen LogP contribution in [0.25, 0.3) is 0 Å². The molecule has 0 aliphatic rings. The van der Waals surface area contributed by atoms with E-state index in [0.717, 1.165) is 11.8 Å². The summed E-state index contributed by atoms with van der Waals surface area (Å²) in [5.74, 6) is -0.310. The van der Waals surface area contributed by atoms with Gasteiger partial charge in [-0.05, 0) is 12.5 Å². The van der Waals surface area contributed by atoms with Crippen LogP contribution in [-0.2, 0) is 32.2 Å². The Bertz CT molecular complexity index is 872. The van der Waals surface area contributed by atoms with E-state index in [1.165, 1.54) is 0 Å². The van der Waals surface area contributed by atoms with Crippen molar-refractivity contribution in [1.29, 1.82) is 0 Å². The van der Waals surface area contributed by atoms with Gasteiger partial charge < -0.3 is 4.42 Å². The van der Waals surface area contributed by atoms with Gasteiger partial charge in [0.25, 0.3) is 0 Å². The van der Waals surface area contributed by atoms with Crippen LogP contribution in [0, 0.1) is 6.92 Å². The maximum absolute atomic E-state index is 12.0. The van der Waals surface area contributed by atoms with Gasteiger partial charge in [-0.15, -0.1) is 5.10 Å². The first-order valence-electron chi connectivity index (χ1n) is 6.21. The van der Waals surface area contributed by atoms with Crippen LogP contribution in [0.5, 0.6) is 0 Å². The van der Waals surface area contributed by atoms with Gasteiger partial charge in [-0.25, -0.2) is 21.6 Å². The molecule has 120 valence electrons. The number of aryl methyl sites for hydroxylation is 1. The summed E-state index contributed by atoms with van der Waals surface area (Å²) in [6.07, 6.45) is 0.923. The first kappa shape index (κ1) is 16.6. The lowest BCUT2D eigenvalue weighted by Gasteiger charge is -2.05. The van der Waals surface area contributed by atoms with Gasteiger partial charge in [-0.2, -0.15) is 0 Å². The number of hydrogen-bond donors (Lipinski definition) is 1. The first-order valence-corrected chi connectivity index (χ1v) is 9.75. The molecule has 0 aliphatic carbocycles. The van der Waals surface area contributed by atoms with Crippen LogP contribution >= 0.6 is 0 Å². The Morgan fingerprint density at radius 2 is 1.91 bits per heavy atom. The molecule has 8 nitrogen and oxygen atoms in total. The van der Waals surface area contributed by atoms with Crippen molar-refractivity contribution < 1.29 is 21.3 Å². The Morgan fingerprint density at radius 1 is 1.18 bits per heavy atom. The number of nitrogens with one attached hydrogen (secondary N) is 1. The van der Waals surface area contributed by atoms with Crippen molar-refractivity contribution in [3.8, 4) is 0 Å². The predicted octanol–water partition coefficient (Wildman–Crippen LogP) is 0.401. The smallest absolute Gasteiger partial charge is 0.335 e. The molecule has 0 amide bonds. The van der Waals surface area contributed by atoms with Crippen molar-refractivity contribution in [2.24, 2.45) is 0 Å². The topological polar surface area (TPSA) is 119 Å². The molecule has 0 spiro atoms. The van der Waals surface area contributed by atoms with Gasteiger partial charge in [0.05, 0.1) is 12.3 Å². The van der Waals surface area contributed by atoms with Crippen molar-refractivity contribution in [3.63, 3.8) is 0 Å². The highest BCUT2D eigenvalue weighted by atomic mass is 32.2. The van der Waals surface area contributed by atoms with Crippen molar-refractivity contribution in [3.05, 3.63) is 41.3 Å². The molecule has 0 saturated carbocycles. The lowest BCUT2D eigenvalue weighted by molar-refractivity contribution is 0.394. The van der Waals surface area contributed by atoms with Gasteiger partial charge >= 0.3 is 5.22 Å². The third-order valence-electron chi connectivity index (χ3n) is 2.65. The summed E-state index contributed by atoms with van der Waals surface area (Å²) in [5.41, 5.74) is 1.61. The number of hydrogen-bond acceptors (Lipinski definition) is 7. The normalized spacial score (nSPS) is 12.5. The number of rotatable bonds is 6. The Hall–Kier alpha value is -1.78. The van der Waals surface area contributed by atoms with E-state index in [-0.39, 0.29) is 18.2 Å². The average Bonchev–Trinajstić information content (AvgIpc) is 2.84. The van der Waals surface area contributed by atoms with Crippen molar-refractivity contribution in [1.82, 2.24) is 14.9 Å². The third kappa shape index (κ3) is 4.61. The standard InChI is InChI=1S/C12H15N3O5S2/c1-9-4-3-5-10(6-9)8-22(18,19)13-7-11-14-15-12(20-11)21(2,16)17/h3-6,13H,7-8H2,1-2H3. The quantitative estimate of drug-likeness (QED) is 0.804. The van der Waals surface area contributed by atoms with E-state index in [1.807, 2.05) is 13.0 Å². The SMILES string of the molecule is Cc1cccc(CS(=O)(=O)NCc2nnc(S(C)(=O)=O)o2)c1. The fourth-order valence-electron chi connectivity index (χ4n) is 1.70. The molecular formula is C12H15N3O5S2. The van der Waals surface area contributed by atoms with E-state index in [4.69, 9.17) is 4.42 Å². The van der Waals surface area contributed by atoms with Crippen LogP contribution in [0.1, 0.15) is 17.0 Å². The number of aromatic nitrogens is 2. The zero-order valence-corrected chi connectivity index (χ0v) is 13.6. The highest BCUT2D eigenvalue weighted by Crippen LogP contribution is 2.09. The molecule has 0 radical (unpaired) electrons. The molecule has 2 aromatic rings. The minimum absolute atomic E-state index is 0.117. The first-order chi connectivity index (χ1) is 10.2. The molecule has 22 heavy (non-hydrogen) atoms. The Morgan fingerprint density at radius 3 is 2.50 bits per heavy atom. The van der Waals surface area contributed by atoms with Gasteiger partial charge in [0, 0.05) is 6.26 Å². The van der Waals surface area contributed by atoms with Crippen LogP contribution in [0.2, 0.25) is 0 Å². The lowest BCUT2D eigenvalue weighted by Crippen LogP contribution is -2.24. The molecule has 1 heterocycles. The number of sulfonamides is 1. The number of nitrogens with zero attached hydrogens (tertiary/aromatic N) is 2. The van der Waals surface area contributed by atoms with E-state index in [9.17, 15) is 16.8 Å². The molecular weight excluding hydrogens is 330 g/mol. The van der Waals surface area contributed by atoms with Crippen LogP contribution in [-0.4, -0.2) is 33.3 Å². The third-order valence-corrected chi connectivity index (χ3v) is 4.74. The molecule has 10 heteroatoms. The Labute approximate surface area is 128 Å². The highest BCUT2D eigenvalue weighted by molar-refractivity contribution is 7.90. The molecule has 0 atom stereocenters. The second-order valence-corrected chi connectivity index (χ2v) is 8.50. The summed E-state index contributed by atoms with van der Waals surface area (Å²) in [6.45, 7) is 1.60. The van der Waals surface area contributed by atoms with E-state index >= 15 is 0 Å². The zero-order valence-electron chi connectivity index (χ0n) is 12.0. The van der Waals surface area contributed by atoms with E-state index in [1.54, 1.807) is 18.2 Å². The second-order valence-electron chi connectivity index (χ2n) is 4.80. The maximum atomic E-state index is 12.0. The fraction of sp³-hybridized carbons (Fsp3) is 0.333. The summed E-state index contributed by atoms with van der Waals surface area (Å²) < 4.78 is 53.5. The van der Waals surface area contributed by atoms with E-state index in [0.29, 0.717) is 5.56 Å². The maximum Gasteiger partial charge on any atom is 0.335 e. The van der Waals surface area contributed by atoms with Gasteiger partial charge in [0.15, 0.2) is 0 Å². The summed E-state index contributed by atoms with van der Waals surface area (Å²) in [4.78, 5) is 0. The van der Waals surface area contributed by atoms with Crippen molar-refractivity contribution in [2.75, 3.05) is 6.26 Å². The van der Waals surface area contributed by atoms with E-state index in [2.05, 4.69) is 14.9 Å². The molecule has 0 bridgehead atoms. The number of benzene rings is 1. The van der Waals surface area contributed by atoms with Gasteiger partial charge in [0.2, 0.25) is 25.8 Å². The molecule has 2 rings (SSSR count). The minimum Gasteiger partial charge on any atom is -0.411 e. The molecule has 0 saturated heterocycles. The summed E-state index contributed by atoms with van der Waals surface area (Å²) in [6, 6.07) is 7.12. The van der Waals surface area contributed by atoms with Gasteiger partial charge in [-0.3, -0.25) is 0 Å². The lowest BCUT2D eigenvalue weighted by atomic mass is 10.2. The average molecular weight is 345 g/mol. The van der Waals surface area contributed by atoms with Crippen LogP contribution < -0.4 is 4.72 Å². The van der Waals surface area contributed by atoms with Crippen molar-refractivity contribution >= 4 is 19.9 Å². The minimum atomic E-state index is -3.61. The van der Waals surface area contributed by atoms with Gasteiger partial charge in [-0.1, -0.05) is 34.9 Å². The highest BCUT2D eigenvalue weighted by Gasteiger charge is 2.18. The fourth-order valence-corrected chi connectivity index (χ4v) is 3.20. The summed E-state index contributed by atoms with van der Waals surface area (Å²) in [7, 11) is -7.21. The summed E-state index contributed by atoms with van der Waals surface area (Å²) >= 11 is 0. The molecule has 1 aromatic carbocycles. The second kappa shape index (κ2) is 6.15. The van der Waals surface area contributed by atoms with Crippen LogP contribution in [0.3, 0.4) is 0 Å². The molecule has 1 N–H and O–H groups in total. The number of sulfone groups is 1. The van der Waals surface area contributed by atoms with Gasteiger partial charge in [0.1, 0.15) is 0 Å². The molecule has 0 fully saturated rings. The Kier molecular flexibility index (Phi) is 4.63. The predicted molar refractivity (Wildman–Crippen MR) is 78.1 cm³/mol. The molecule has 1 aromatic heterocycles. The van der Waals surface area contributed by atoms with Crippen molar-refractivity contribution in [2.45, 2.75) is 24.4 Å². The van der Waals surface area contributed by atoms with E-state index < -0.39 is 25.1 Å². The van der Waals surface area contributed by atoms with Crippen LogP contribution in [0.4, 0.5) is 0 Å². The largest absolute Gasteiger partial charge is 0.411 e. The summed E-state index contributed by atoms with van der Waals surface area (Å²) in [5, 5.41) is 6.29. The zero-order chi connectivity index (χ0) is 16.4. The Balaban J connectivity index is 2.02. The van der Waals surface area contributed by atoms with Crippen LogP contribution in [0.15, 0.2) is 33.9 Å². The molecule has 0 unspecified atom stereocenters. The monoisotopic (exact) mass is 345 g/mol. The molecule has 0 aliphatic heterocycles.